The van der Waals surface area contributed by atoms with Gasteiger partial charge in [0.25, 0.3) is 0 Å². The molecule has 1 aromatic heterocycles. The second kappa shape index (κ2) is 2.87. The van der Waals surface area contributed by atoms with Gasteiger partial charge in [0, 0.05) is 0 Å². The Morgan fingerprint density at radius 1 is 1.56 bits per heavy atom. The molecule has 0 radical (unpaired) electrons. The molecule has 1 heterocycles. The number of rotatable bonds is 2. The predicted octanol–water partition coefficient (Wildman–Crippen LogP) is 1.49. The maximum Gasteiger partial charge on any atom is 0.142 e. The van der Waals surface area contributed by atoms with Gasteiger partial charge in [0.05, 0.1) is 6.26 Å². The largest absolute Gasteiger partial charge is 0.465 e. The van der Waals surface area contributed by atoms with Crippen molar-refractivity contribution in [1.82, 2.24) is 0 Å². The van der Waals surface area contributed by atoms with E-state index in [2.05, 4.69) is 0 Å². The molecule has 46 valence electrons. The predicted molar refractivity (Wildman–Crippen MR) is 33.8 cm³/mol. The molecule has 0 N–H and O–H groups in total. The monoisotopic (exact) mass is 122 g/mol. The molecule has 0 fully saturated rings. The summed E-state index contributed by atoms with van der Waals surface area (Å²) in [5.41, 5.74) is 0. The number of allylic oxidation sites excluding steroid dienone is 1. The van der Waals surface area contributed by atoms with E-state index < -0.39 is 0 Å². The number of aldehydes is 1. The third-order valence-corrected chi connectivity index (χ3v) is 0.882. The van der Waals surface area contributed by atoms with Crippen LogP contribution < -0.4 is 0 Å². The fourth-order valence-electron chi connectivity index (χ4n) is 0.520. The van der Waals surface area contributed by atoms with E-state index >= 15 is 0 Å². The van der Waals surface area contributed by atoms with Gasteiger partial charge in [-0.25, -0.2) is 0 Å². The fraction of sp³-hybridized carbons (Fsp3) is 0. The molecule has 1 aromatic rings. The zero-order valence-electron chi connectivity index (χ0n) is 4.78. The zero-order valence-corrected chi connectivity index (χ0v) is 4.78. The molecule has 0 aliphatic carbocycles. The molecule has 2 nitrogen and oxygen atoms in total. The van der Waals surface area contributed by atoms with Gasteiger partial charge < -0.3 is 4.42 Å². The van der Waals surface area contributed by atoms with Crippen LogP contribution in [0.15, 0.2) is 28.9 Å². The number of hydrogen-bond donors (Lipinski definition) is 0. The smallest absolute Gasteiger partial charge is 0.142 e. The van der Waals surface area contributed by atoms with Crippen LogP contribution in [0.1, 0.15) is 5.76 Å². The van der Waals surface area contributed by atoms with Crippen molar-refractivity contribution in [3.8, 4) is 0 Å². The van der Waals surface area contributed by atoms with Gasteiger partial charge in [0.2, 0.25) is 0 Å². The van der Waals surface area contributed by atoms with E-state index in [-0.39, 0.29) is 0 Å². The van der Waals surface area contributed by atoms with Crippen LogP contribution in [0.3, 0.4) is 0 Å². The van der Waals surface area contributed by atoms with Gasteiger partial charge in [-0.15, -0.1) is 0 Å². The molecule has 2 heteroatoms. The van der Waals surface area contributed by atoms with E-state index in [9.17, 15) is 4.79 Å². The van der Waals surface area contributed by atoms with Crippen molar-refractivity contribution in [3.63, 3.8) is 0 Å². The van der Waals surface area contributed by atoms with E-state index in [1.165, 1.54) is 6.08 Å². The first kappa shape index (κ1) is 5.82. The van der Waals surface area contributed by atoms with Crippen LogP contribution in [-0.2, 0) is 4.79 Å². The number of carbonyl (C=O) groups excluding carboxylic acids is 1. The second-order valence-electron chi connectivity index (χ2n) is 1.51. The van der Waals surface area contributed by atoms with Crippen LogP contribution in [0.2, 0.25) is 0 Å². The number of furan rings is 1. The van der Waals surface area contributed by atoms with Crippen molar-refractivity contribution in [1.29, 1.82) is 0 Å². The molecular formula is C7H6O2. The maximum atomic E-state index is 9.77. The van der Waals surface area contributed by atoms with Gasteiger partial charge in [-0.05, 0) is 24.3 Å². The first-order valence-electron chi connectivity index (χ1n) is 2.59. The van der Waals surface area contributed by atoms with Gasteiger partial charge in [-0.2, -0.15) is 0 Å². The first-order chi connectivity index (χ1) is 4.43. The van der Waals surface area contributed by atoms with Crippen molar-refractivity contribution in [2.24, 2.45) is 0 Å². The average Bonchev–Trinajstić information content (AvgIpc) is 2.34. The second-order valence-corrected chi connectivity index (χ2v) is 1.51. The standard InChI is InChI=1S/C7H6O2/c8-5-1-3-7-4-2-6-9-7/h1-6H/b3-1+. The Bertz CT molecular complexity index is 197. The van der Waals surface area contributed by atoms with Gasteiger partial charge in [-0.1, -0.05) is 0 Å². The Kier molecular flexibility index (Phi) is 1.85. The average molecular weight is 122 g/mol. The lowest BCUT2D eigenvalue weighted by Gasteiger charge is -1.76. The molecule has 1 rings (SSSR count). The summed E-state index contributed by atoms with van der Waals surface area (Å²) in [7, 11) is 0. The fourth-order valence-corrected chi connectivity index (χ4v) is 0.520. The van der Waals surface area contributed by atoms with Crippen LogP contribution >= 0.6 is 0 Å². The molecule has 0 saturated carbocycles. The minimum Gasteiger partial charge on any atom is -0.465 e. The van der Waals surface area contributed by atoms with Gasteiger partial charge in [0.15, 0.2) is 0 Å². The summed E-state index contributed by atoms with van der Waals surface area (Å²) in [4.78, 5) is 9.77. The van der Waals surface area contributed by atoms with Crippen molar-refractivity contribution in [2.45, 2.75) is 0 Å². The minimum absolute atomic E-state index is 0.696. The molecule has 0 bridgehead atoms. The van der Waals surface area contributed by atoms with Crippen LogP contribution in [0, 0.1) is 0 Å². The van der Waals surface area contributed by atoms with Gasteiger partial charge >= 0.3 is 0 Å². The van der Waals surface area contributed by atoms with E-state index in [0.717, 1.165) is 0 Å². The minimum atomic E-state index is 0.696. The molecule has 0 atom stereocenters. The third-order valence-electron chi connectivity index (χ3n) is 0.882. The highest BCUT2D eigenvalue weighted by atomic mass is 16.3. The summed E-state index contributed by atoms with van der Waals surface area (Å²) in [6, 6.07) is 3.55. The Balaban J connectivity index is 2.67. The van der Waals surface area contributed by atoms with Gasteiger partial charge in [0.1, 0.15) is 12.0 Å². The first-order valence-corrected chi connectivity index (χ1v) is 2.59. The number of carbonyl (C=O) groups is 1. The summed E-state index contributed by atoms with van der Waals surface area (Å²) < 4.78 is 4.89. The number of hydrogen-bond acceptors (Lipinski definition) is 2. The summed E-state index contributed by atoms with van der Waals surface area (Å²) in [6.07, 6.45) is 5.26. The zero-order chi connectivity index (χ0) is 6.53. The van der Waals surface area contributed by atoms with Crippen molar-refractivity contribution >= 4 is 12.4 Å². The Hall–Kier alpha value is -1.31. The van der Waals surface area contributed by atoms with Gasteiger partial charge in [-0.3, -0.25) is 4.79 Å². The molecule has 0 aliphatic heterocycles. The molecule has 0 aliphatic rings. The highest BCUT2D eigenvalue weighted by molar-refractivity contribution is 5.72. The highest BCUT2D eigenvalue weighted by Crippen LogP contribution is 2.00. The summed E-state index contributed by atoms with van der Waals surface area (Å²) in [5, 5.41) is 0. The lowest BCUT2D eigenvalue weighted by atomic mass is 10.4. The highest BCUT2D eigenvalue weighted by Gasteiger charge is 1.83. The van der Waals surface area contributed by atoms with E-state index in [1.807, 2.05) is 0 Å². The van der Waals surface area contributed by atoms with Crippen LogP contribution in [0.25, 0.3) is 6.08 Å². The topological polar surface area (TPSA) is 30.2 Å². The van der Waals surface area contributed by atoms with E-state index in [4.69, 9.17) is 4.42 Å². The third kappa shape index (κ3) is 1.57. The van der Waals surface area contributed by atoms with E-state index in [0.29, 0.717) is 12.0 Å². The summed E-state index contributed by atoms with van der Waals surface area (Å²) in [6.45, 7) is 0. The Labute approximate surface area is 52.8 Å². The van der Waals surface area contributed by atoms with Crippen LogP contribution in [0.4, 0.5) is 0 Å². The molecular weight excluding hydrogens is 116 g/mol. The lowest BCUT2D eigenvalue weighted by Crippen LogP contribution is -1.60. The summed E-state index contributed by atoms with van der Waals surface area (Å²) >= 11 is 0. The molecule has 0 amide bonds. The molecule has 9 heavy (non-hydrogen) atoms. The quantitative estimate of drug-likeness (QED) is 0.439. The van der Waals surface area contributed by atoms with Crippen molar-refractivity contribution in [2.75, 3.05) is 0 Å². The molecule has 0 unspecified atom stereocenters. The van der Waals surface area contributed by atoms with Crippen molar-refractivity contribution < 1.29 is 9.21 Å². The Morgan fingerprint density at radius 3 is 3.00 bits per heavy atom. The van der Waals surface area contributed by atoms with Crippen LogP contribution in [0.5, 0.6) is 0 Å². The molecule has 0 saturated heterocycles. The molecule has 0 aromatic carbocycles. The SMILES string of the molecule is O=C/C=C/c1ccco1. The van der Waals surface area contributed by atoms with Crippen molar-refractivity contribution in [3.05, 3.63) is 30.2 Å². The maximum absolute atomic E-state index is 9.77. The molecule has 0 spiro atoms. The Morgan fingerprint density at radius 2 is 2.44 bits per heavy atom. The lowest BCUT2D eigenvalue weighted by molar-refractivity contribution is -0.104. The normalized spacial score (nSPS) is 10.2. The summed E-state index contributed by atoms with van der Waals surface area (Å²) in [5.74, 6) is 0.696. The van der Waals surface area contributed by atoms with Crippen LogP contribution in [-0.4, -0.2) is 6.29 Å². The van der Waals surface area contributed by atoms with E-state index in [1.54, 1.807) is 24.5 Å².